The lowest BCUT2D eigenvalue weighted by Gasteiger charge is -2.18. The summed E-state index contributed by atoms with van der Waals surface area (Å²) in [5, 5.41) is 0. The van der Waals surface area contributed by atoms with E-state index in [0.29, 0.717) is 5.92 Å². The number of nitrogen functional groups attached to an aromatic ring is 1. The monoisotopic (exact) mass is 253 g/mol. The Balaban J connectivity index is 1.77. The second-order valence-corrected chi connectivity index (χ2v) is 5.19. The van der Waals surface area contributed by atoms with Crippen LogP contribution in [0.4, 0.5) is 11.5 Å². The van der Waals surface area contributed by atoms with E-state index in [1.54, 1.807) is 0 Å². The summed E-state index contributed by atoms with van der Waals surface area (Å²) in [6, 6.07) is 14.7. The average molecular weight is 253 g/mol. The van der Waals surface area contributed by atoms with Gasteiger partial charge in [-0.3, -0.25) is 0 Å². The lowest BCUT2D eigenvalue weighted by Crippen LogP contribution is -2.20. The van der Waals surface area contributed by atoms with Crippen LogP contribution in [0.2, 0.25) is 0 Å². The maximum atomic E-state index is 5.82. The van der Waals surface area contributed by atoms with E-state index in [1.807, 2.05) is 19.1 Å². The van der Waals surface area contributed by atoms with Crippen molar-refractivity contribution < 1.29 is 0 Å². The van der Waals surface area contributed by atoms with Crippen molar-refractivity contribution in [3.05, 3.63) is 53.7 Å². The molecule has 19 heavy (non-hydrogen) atoms. The number of rotatable bonds is 2. The highest BCUT2D eigenvalue weighted by Crippen LogP contribution is 2.30. The first-order valence-corrected chi connectivity index (χ1v) is 6.77. The number of aromatic nitrogens is 1. The summed E-state index contributed by atoms with van der Waals surface area (Å²) in [4.78, 5) is 6.94. The molecule has 0 saturated carbocycles. The minimum absolute atomic E-state index is 0.612. The zero-order chi connectivity index (χ0) is 13.2. The molecule has 2 heterocycles. The van der Waals surface area contributed by atoms with Gasteiger partial charge in [-0.2, -0.15) is 0 Å². The summed E-state index contributed by atoms with van der Waals surface area (Å²) in [6.07, 6.45) is 1.19. The van der Waals surface area contributed by atoms with Gasteiger partial charge in [0.05, 0.1) is 11.4 Å². The molecule has 3 rings (SSSR count). The summed E-state index contributed by atoms with van der Waals surface area (Å²) in [6.45, 7) is 4.07. The third-order valence-electron chi connectivity index (χ3n) is 3.90. The zero-order valence-corrected chi connectivity index (χ0v) is 11.2. The fourth-order valence-electron chi connectivity index (χ4n) is 2.70. The number of hydrogen-bond donors (Lipinski definition) is 1. The maximum Gasteiger partial charge on any atom is 0.128 e. The predicted octanol–water partition coefficient (Wildman–Crippen LogP) is 2.97. The lowest BCUT2D eigenvalue weighted by atomic mass is 9.99. The summed E-state index contributed by atoms with van der Waals surface area (Å²) < 4.78 is 0. The van der Waals surface area contributed by atoms with Crippen LogP contribution < -0.4 is 10.6 Å². The van der Waals surface area contributed by atoms with E-state index in [4.69, 9.17) is 5.73 Å². The van der Waals surface area contributed by atoms with Crippen LogP contribution in [0.1, 0.15) is 23.6 Å². The molecule has 1 atom stereocenters. The van der Waals surface area contributed by atoms with E-state index in [1.165, 1.54) is 12.0 Å². The number of hydrogen-bond acceptors (Lipinski definition) is 3. The Labute approximate surface area is 114 Å². The molecule has 0 aliphatic carbocycles. The van der Waals surface area contributed by atoms with Gasteiger partial charge in [0.1, 0.15) is 5.82 Å². The second kappa shape index (κ2) is 4.92. The van der Waals surface area contributed by atoms with E-state index >= 15 is 0 Å². The van der Waals surface area contributed by atoms with Gasteiger partial charge in [-0.25, -0.2) is 4.98 Å². The lowest BCUT2D eigenvalue weighted by molar-refractivity contribution is 0.774. The Morgan fingerprint density at radius 3 is 2.68 bits per heavy atom. The normalized spacial score (nSPS) is 18.8. The molecular formula is C16H19N3. The van der Waals surface area contributed by atoms with Crippen LogP contribution in [0.15, 0.2) is 42.5 Å². The Morgan fingerprint density at radius 1 is 1.16 bits per heavy atom. The van der Waals surface area contributed by atoms with Gasteiger partial charge in [0.15, 0.2) is 0 Å². The van der Waals surface area contributed by atoms with Crippen LogP contribution in [0.5, 0.6) is 0 Å². The molecule has 1 aromatic heterocycles. The second-order valence-electron chi connectivity index (χ2n) is 5.19. The summed E-state index contributed by atoms with van der Waals surface area (Å²) >= 11 is 0. The quantitative estimate of drug-likeness (QED) is 0.894. The summed E-state index contributed by atoms with van der Waals surface area (Å²) in [7, 11) is 0. The van der Waals surface area contributed by atoms with Gasteiger partial charge in [0.2, 0.25) is 0 Å². The van der Waals surface area contributed by atoms with Crippen molar-refractivity contribution >= 4 is 11.5 Å². The largest absolute Gasteiger partial charge is 0.397 e. The Bertz CT molecular complexity index is 565. The van der Waals surface area contributed by atoms with Crippen LogP contribution in [0.25, 0.3) is 0 Å². The summed E-state index contributed by atoms with van der Waals surface area (Å²) in [5.41, 5.74) is 8.94. The smallest absolute Gasteiger partial charge is 0.128 e. The molecule has 0 radical (unpaired) electrons. The van der Waals surface area contributed by atoms with Gasteiger partial charge in [0.25, 0.3) is 0 Å². The highest BCUT2D eigenvalue weighted by atomic mass is 15.2. The Kier molecular flexibility index (Phi) is 3.11. The van der Waals surface area contributed by atoms with Crippen molar-refractivity contribution in [2.45, 2.75) is 19.3 Å². The van der Waals surface area contributed by atoms with Crippen molar-refractivity contribution in [2.24, 2.45) is 0 Å². The number of benzene rings is 1. The zero-order valence-electron chi connectivity index (χ0n) is 11.2. The molecule has 0 spiro atoms. The summed E-state index contributed by atoms with van der Waals surface area (Å²) in [5.74, 6) is 1.66. The first kappa shape index (κ1) is 12.0. The Morgan fingerprint density at radius 2 is 1.95 bits per heavy atom. The molecule has 1 aromatic carbocycles. The molecule has 3 nitrogen and oxygen atoms in total. The Hall–Kier alpha value is -2.03. The number of nitrogens with zero attached hydrogens (tertiary/aromatic N) is 2. The highest BCUT2D eigenvalue weighted by molar-refractivity contribution is 5.51. The first-order valence-electron chi connectivity index (χ1n) is 6.77. The highest BCUT2D eigenvalue weighted by Gasteiger charge is 2.24. The van der Waals surface area contributed by atoms with Gasteiger partial charge in [-0.05, 0) is 31.0 Å². The van der Waals surface area contributed by atoms with Gasteiger partial charge in [-0.1, -0.05) is 30.3 Å². The van der Waals surface area contributed by atoms with E-state index in [2.05, 4.69) is 40.2 Å². The fourth-order valence-corrected chi connectivity index (χ4v) is 2.70. The van der Waals surface area contributed by atoms with Crippen molar-refractivity contribution in [3.63, 3.8) is 0 Å². The third kappa shape index (κ3) is 2.41. The van der Waals surface area contributed by atoms with Gasteiger partial charge < -0.3 is 10.6 Å². The number of aryl methyl sites for hydroxylation is 1. The number of pyridine rings is 1. The number of anilines is 2. The van der Waals surface area contributed by atoms with Crippen molar-refractivity contribution in [1.29, 1.82) is 0 Å². The molecule has 1 aliphatic heterocycles. The van der Waals surface area contributed by atoms with E-state index < -0.39 is 0 Å². The predicted molar refractivity (Wildman–Crippen MR) is 79.4 cm³/mol. The van der Waals surface area contributed by atoms with Crippen molar-refractivity contribution in [3.8, 4) is 0 Å². The minimum Gasteiger partial charge on any atom is -0.397 e. The molecule has 3 heteroatoms. The molecule has 2 aromatic rings. The van der Waals surface area contributed by atoms with Crippen LogP contribution in [-0.2, 0) is 0 Å². The first-order chi connectivity index (χ1) is 9.24. The van der Waals surface area contributed by atoms with Gasteiger partial charge in [-0.15, -0.1) is 0 Å². The molecule has 1 aliphatic rings. The molecule has 2 N–H and O–H groups in total. The molecule has 0 amide bonds. The molecule has 0 bridgehead atoms. The molecule has 98 valence electrons. The molecule has 1 unspecified atom stereocenters. The van der Waals surface area contributed by atoms with Crippen LogP contribution >= 0.6 is 0 Å². The average Bonchev–Trinajstić information content (AvgIpc) is 2.93. The van der Waals surface area contributed by atoms with Crippen LogP contribution in [0.3, 0.4) is 0 Å². The molecule has 1 saturated heterocycles. The minimum atomic E-state index is 0.612. The maximum absolute atomic E-state index is 5.82. The standard InChI is InChI=1S/C16H19N3/c1-12-15(17)7-8-16(18-12)19-10-9-14(11-19)13-5-3-2-4-6-13/h2-8,14H,9-11,17H2,1H3. The SMILES string of the molecule is Cc1nc(N2CCC(c3ccccc3)C2)ccc1N. The van der Waals surface area contributed by atoms with Gasteiger partial charge >= 0.3 is 0 Å². The van der Waals surface area contributed by atoms with E-state index in [-0.39, 0.29) is 0 Å². The fraction of sp³-hybridized carbons (Fsp3) is 0.312. The molecule has 1 fully saturated rings. The van der Waals surface area contributed by atoms with Crippen LogP contribution in [0, 0.1) is 6.92 Å². The van der Waals surface area contributed by atoms with Gasteiger partial charge in [0, 0.05) is 19.0 Å². The topological polar surface area (TPSA) is 42.2 Å². The number of nitrogens with two attached hydrogens (primary N) is 1. The van der Waals surface area contributed by atoms with Crippen LogP contribution in [-0.4, -0.2) is 18.1 Å². The molecular weight excluding hydrogens is 234 g/mol. The van der Waals surface area contributed by atoms with E-state index in [0.717, 1.165) is 30.3 Å². The third-order valence-corrected chi connectivity index (χ3v) is 3.90. The van der Waals surface area contributed by atoms with Crippen molar-refractivity contribution in [2.75, 3.05) is 23.7 Å². The van der Waals surface area contributed by atoms with Crippen molar-refractivity contribution in [1.82, 2.24) is 4.98 Å². The van der Waals surface area contributed by atoms with E-state index in [9.17, 15) is 0 Å².